The Balaban J connectivity index is 1.51. The smallest absolute Gasteiger partial charge is 0.309 e. The third kappa shape index (κ3) is 5.18. The van der Waals surface area contributed by atoms with Crippen LogP contribution in [0.15, 0.2) is 29.2 Å². The highest BCUT2D eigenvalue weighted by Crippen LogP contribution is 2.25. The minimum absolute atomic E-state index is 0.0278. The Morgan fingerprint density at radius 3 is 2.17 bits per heavy atom. The van der Waals surface area contributed by atoms with Gasteiger partial charge < -0.3 is 9.64 Å². The van der Waals surface area contributed by atoms with E-state index >= 15 is 0 Å². The number of esters is 1. The number of amides is 1. The summed E-state index contributed by atoms with van der Waals surface area (Å²) in [6.07, 6.45) is 1.70. The number of hydrogen-bond donors (Lipinski definition) is 0. The Labute approximate surface area is 177 Å². The number of carbonyl (C=O) groups is 2. The van der Waals surface area contributed by atoms with Crippen molar-refractivity contribution in [3.05, 3.63) is 30.1 Å². The zero-order chi connectivity index (χ0) is 21.9. The summed E-state index contributed by atoms with van der Waals surface area (Å²) in [5.41, 5.74) is 0. The van der Waals surface area contributed by atoms with Gasteiger partial charge in [0.1, 0.15) is 5.82 Å². The van der Waals surface area contributed by atoms with Crippen molar-refractivity contribution in [2.45, 2.75) is 50.5 Å². The average Bonchev–Trinajstić information content (AvgIpc) is 2.74. The number of likely N-dealkylation sites (tertiary alicyclic amines) is 1. The minimum Gasteiger partial charge on any atom is -0.452 e. The van der Waals surface area contributed by atoms with Gasteiger partial charge in [-0.15, -0.1) is 0 Å². The Hall–Kier alpha value is -2.00. The Kier molecular flexibility index (Phi) is 7.13. The number of carbonyl (C=O) groups excluding carboxylic acids is 2. The van der Waals surface area contributed by atoms with Crippen molar-refractivity contribution in [3.63, 3.8) is 0 Å². The molecule has 3 rings (SSSR count). The van der Waals surface area contributed by atoms with Gasteiger partial charge in [-0.2, -0.15) is 4.31 Å². The van der Waals surface area contributed by atoms with E-state index in [0.29, 0.717) is 31.8 Å². The van der Waals surface area contributed by atoms with Gasteiger partial charge in [-0.1, -0.05) is 6.92 Å². The highest BCUT2D eigenvalue weighted by atomic mass is 32.2. The van der Waals surface area contributed by atoms with E-state index in [1.807, 2.05) is 0 Å². The molecule has 1 aromatic rings. The molecule has 0 radical (unpaired) electrons. The normalized spacial score (nSPS) is 20.7. The monoisotopic (exact) mass is 440 g/mol. The van der Waals surface area contributed by atoms with Crippen LogP contribution in [0.3, 0.4) is 0 Å². The standard InChI is InChI=1S/C21H29FN2O5S/c1-15-7-11-23(12-8-15)20(25)16(2)29-21(26)17-9-13-24(14-10-17)30(27,28)19-5-3-18(22)4-6-19/h3-6,15-17H,7-14H2,1-2H3. The van der Waals surface area contributed by atoms with Crippen LogP contribution in [0.25, 0.3) is 0 Å². The zero-order valence-electron chi connectivity index (χ0n) is 17.4. The lowest BCUT2D eigenvalue weighted by molar-refractivity contribution is -0.164. The number of piperidine rings is 2. The number of nitrogens with zero attached hydrogens (tertiary/aromatic N) is 2. The second kappa shape index (κ2) is 9.43. The molecule has 1 atom stereocenters. The molecule has 0 aromatic heterocycles. The van der Waals surface area contributed by atoms with Crippen LogP contribution in [0.5, 0.6) is 0 Å². The van der Waals surface area contributed by atoms with Gasteiger partial charge in [0, 0.05) is 26.2 Å². The van der Waals surface area contributed by atoms with Gasteiger partial charge in [0.25, 0.3) is 5.91 Å². The number of rotatable bonds is 5. The van der Waals surface area contributed by atoms with Crippen molar-refractivity contribution < 1.29 is 27.1 Å². The van der Waals surface area contributed by atoms with Gasteiger partial charge in [-0.25, -0.2) is 12.8 Å². The summed E-state index contributed by atoms with van der Waals surface area (Å²) >= 11 is 0. The van der Waals surface area contributed by atoms with Crippen molar-refractivity contribution in [1.29, 1.82) is 0 Å². The van der Waals surface area contributed by atoms with Gasteiger partial charge in [0.2, 0.25) is 10.0 Å². The Morgan fingerprint density at radius 2 is 1.60 bits per heavy atom. The summed E-state index contributed by atoms with van der Waals surface area (Å²) < 4.78 is 45.1. The third-order valence-corrected chi connectivity index (χ3v) is 7.89. The first-order valence-electron chi connectivity index (χ1n) is 10.4. The second-order valence-electron chi connectivity index (χ2n) is 8.22. The van der Waals surface area contributed by atoms with Crippen molar-refractivity contribution >= 4 is 21.9 Å². The van der Waals surface area contributed by atoms with E-state index in [-0.39, 0.29) is 23.9 Å². The summed E-state index contributed by atoms with van der Waals surface area (Å²) in [5, 5.41) is 0. The molecular weight excluding hydrogens is 411 g/mol. The SMILES string of the molecule is CC1CCN(C(=O)C(C)OC(=O)C2CCN(S(=O)(=O)c3ccc(F)cc3)CC2)CC1. The quantitative estimate of drug-likeness (QED) is 0.657. The van der Waals surface area contributed by atoms with Crippen LogP contribution in [0.1, 0.15) is 39.5 Å². The van der Waals surface area contributed by atoms with E-state index in [9.17, 15) is 22.4 Å². The summed E-state index contributed by atoms with van der Waals surface area (Å²) in [4.78, 5) is 26.8. The van der Waals surface area contributed by atoms with Gasteiger partial charge in [-0.3, -0.25) is 9.59 Å². The van der Waals surface area contributed by atoms with Crippen molar-refractivity contribution in [2.75, 3.05) is 26.2 Å². The van der Waals surface area contributed by atoms with Crippen LogP contribution in [-0.2, 0) is 24.3 Å². The first kappa shape index (κ1) is 22.7. The van der Waals surface area contributed by atoms with Crippen LogP contribution in [0.4, 0.5) is 4.39 Å². The van der Waals surface area contributed by atoms with Crippen molar-refractivity contribution in [1.82, 2.24) is 9.21 Å². The maximum absolute atomic E-state index is 13.1. The summed E-state index contributed by atoms with van der Waals surface area (Å²) in [7, 11) is -3.73. The topological polar surface area (TPSA) is 84.0 Å². The van der Waals surface area contributed by atoms with Crippen LogP contribution in [0, 0.1) is 17.7 Å². The predicted octanol–water partition coefficient (Wildman–Crippen LogP) is 2.42. The molecule has 2 saturated heterocycles. The lowest BCUT2D eigenvalue weighted by Crippen LogP contribution is -2.45. The summed E-state index contributed by atoms with van der Waals surface area (Å²) in [5.74, 6) is -0.977. The van der Waals surface area contributed by atoms with Crippen molar-refractivity contribution in [3.8, 4) is 0 Å². The minimum atomic E-state index is -3.73. The highest BCUT2D eigenvalue weighted by molar-refractivity contribution is 7.89. The summed E-state index contributed by atoms with van der Waals surface area (Å²) in [6, 6.07) is 4.69. The second-order valence-corrected chi connectivity index (χ2v) is 10.2. The number of halogens is 1. The molecule has 9 heteroatoms. The molecule has 1 amide bonds. The largest absolute Gasteiger partial charge is 0.452 e. The molecule has 2 aliphatic heterocycles. The molecule has 2 heterocycles. The molecule has 0 bridgehead atoms. The molecule has 0 aliphatic carbocycles. The number of ether oxygens (including phenoxy) is 1. The van der Waals surface area contributed by atoms with Crippen molar-refractivity contribution in [2.24, 2.45) is 11.8 Å². The van der Waals surface area contributed by atoms with E-state index in [1.54, 1.807) is 11.8 Å². The Morgan fingerprint density at radius 1 is 1.03 bits per heavy atom. The van der Waals surface area contributed by atoms with E-state index in [1.165, 1.54) is 16.4 Å². The van der Waals surface area contributed by atoms with Gasteiger partial charge in [0.15, 0.2) is 6.10 Å². The Bertz CT molecular complexity index is 858. The van der Waals surface area contributed by atoms with Crippen LogP contribution < -0.4 is 0 Å². The lowest BCUT2D eigenvalue weighted by atomic mass is 9.98. The molecule has 1 unspecified atom stereocenters. The van der Waals surface area contributed by atoms with Gasteiger partial charge in [-0.05, 0) is 62.8 Å². The maximum Gasteiger partial charge on any atom is 0.309 e. The van der Waals surface area contributed by atoms with E-state index < -0.39 is 33.8 Å². The first-order valence-corrected chi connectivity index (χ1v) is 11.9. The van der Waals surface area contributed by atoms with Gasteiger partial charge >= 0.3 is 5.97 Å². The lowest BCUT2D eigenvalue weighted by Gasteiger charge is -2.33. The molecule has 0 saturated carbocycles. The fraction of sp³-hybridized carbons (Fsp3) is 0.619. The molecule has 2 aliphatic rings. The zero-order valence-corrected chi connectivity index (χ0v) is 18.2. The molecule has 0 spiro atoms. The fourth-order valence-corrected chi connectivity index (χ4v) is 5.36. The summed E-state index contributed by atoms with van der Waals surface area (Å²) in [6.45, 7) is 5.46. The molecule has 1 aromatic carbocycles. The van der Waals surface area contributed by atoms with Crippen LogP contribution in [-0.4, -0.2) is 61.8 Å². The molecule has 0 N–H and O–H groups in total. The average molecular weight is 441 g/mol. The number of hydrogen-bond acceptors (Lipinski definition) is 5. The number of sulfonamides is 1. The highest BCUT2D eigenvalue weighted by Gasteiger charge is 2.34. The van der Waals surface area contributed by atoms with E-state index in [0.717, 1.165) is 25.0 Å². The van der Waals surface area contributed by atoms with E-state index in [2.05, 4.69) is 6.92 Å². The maximum atomic E-state index is 13.1. The third-order valence-electron chi connectivity index (χ3n) is 5.97. The first-order chi connectivity index (χ1) is 14.2. The fourth-order valence-electron chi connectivity index (χ4n) is 3.89. The molecular formula is C21H29FN2O5S. The van der Waals surface area contributed by atoms with Gasteiger partial charge in [0.05, 0.1) is 10.8 Å². The molecule has 2 fully saturated rings. The molecule has 30 heavy (non-hydrogen) atoms. The predicted molar refractivity (Wildman–Crippen MR) is 108 cm³/mol. The molecule has 7 nitrogen and oxygen atoms in total. The van der Waals surface area contributed by atoms with Crippen LogP contribution in [0.2, 0.25) is 0 Å². The molecule has 166 valence electrons. The van der Waals surface area contributed by atoms with Crippen LogP contribution >= 0.6 is 0 Å². The van der Waals surface area contributed by atoms with E-state index in [4.69, 9.17) is 4.74 Å². The number of benzene rings is 1.